The molecule has 0 aliphatic rings. The molecular formula is C12H18FNOS. The summed E-state index contributed by atoms with van der Waals surface area (Å²) in [7, 11) is 0. The third-order valence-electron chi connectivity index (χ3n) is 2.39. The van der Waals surface area contributed by atoms with Crippen LogP contribution in [-0.2, 0) is 0 Å². The molecule has 0 amide bonds. The molecule has 90 valence electrons. The lowest BCUT2D eigenvalue weighted by atomic mass is 10.1. The molecule has 0 bridgehead atoms. The number of nitrogens with two attached hydrogens (primary N) is 1. The second-order valence-corrected chi connectivity index (χ2v) is 5.38. The van der Waals surface area contributed by atoms with Gasteiger partial charge < -0.3 is 10.8 Å². The average Bonchev–Trinajstić information content (AvgIpc) is 2.27. The first-order chi connectivity index (χ1) is 7.67. The van der Waals surface area contributed by atoms with Crippen LogP contribution in [0.1, 0.15) is 24.2 Å². The van der Waals surface area contributed by atoms with Gasteiger partial charge in [0.05, 0.1) is 0 Å². The zero-order valence-corrected chi connectivity index (χ0v) is 10.2. The Morgan fingerprint density at radius 3 is 2.50 bits per heavy atom. The molecule has 0 spiro atoms. The van der Waals surface area contributed by atoms with Crippen LogP contribution < -0.4 is 5.73 Å². The van der Waals surface area contributed by atoms with E-state index in [9.17, 15) is 4.39 Å². The minimum Gasteiger partial charge on any atom is -0.396 e. The third-order valence-corrected chi connectivity index (χ3v) is 3.88. The van der Waals surface area contributed by atoms with E-state index in [-0.39, 0.29) is 17.7 Å². The van der Waals surface area contributed by atoms with Crippen molar-refractivity contribution in [1.82, 2.24) is 0 Å². The predicted octanol–water partition coefficient (Wildman–Crippen LogP) is 2.33. The number of rotatable bonds is 6. The van der Waals surface area contributed by atoms with Crippen molar-refractivity contribution in [2.75, 3.05) is 13.2 Å². The van der Waals surface area contributed by atoms with Gasteiger partial charge in [0.1, 0.15) is 5.82 Å². The highest BCUT2D eigenvalue weighted by Gasteiger charge is 2.14. The van der Waals surface area contributed by atoms with E-state index < -0.39 is 0 Å². The minimum atomic E-state index is -0.229. The number of hydrogen-bond acceptors (Lipinski definition) is 3. The highest BCUT2D eigenvalue weighted by Crippen LogP contribution is 2.32. The summed E-state index contributed by atoms with van der Waals surface area (Å²) in [5.41, 5.74) is 6.75. The van der Waals surface area contributed by atoms with Crippen molar-refractivity contribution >= 4 is 11.8 Å². The van der Waals surface area contributed by atoms with Crippen molar-refractivity contribution in [2.24, 2.45) is 5.73 Å². The third kappa shape index (κ3) is 4.12. The molecule has 0 aromatic heterocycles. The van der Waals surface area contributed by atoms with E-state index in [1.54, 1.807) is 23.9 Å². The van der Waals surface area contributed by atoms with Crippen LogP contribution in [-0.4, -0.2) is 23.5 Å². The van der Waals surface area contributed by atoms with Gasteiger partial charge in [0.15, 0.2) is 0 Å². The first kappa shape index (κ1) is 13.5. The van der Waals surface area contributed by atoms with Gasteiger partial charge in [-0.25, -0.2) is 4.39 Å². The Labute approximate surface area is 100 Å². The van der Waals surface area contributed by atoms with E-state index >= 15 is 0 Å². The maximum atomic E-state index is 12.8. The van der Waals surface area contributed by atoms with Crippen molar-refractivity contribution in [3.8, 4) is 0 Å². The molecule has 0 fully saturated rings. The number of aliphatic hydroxyl groups excluding tert-OH is 1. The molecule has 1 aromatic carbocycles. The normalized spacial score (nSPS) is 14.8. The zero-order chi connectivity index (χ0) is 12.0. The monoisotopic (exact) mass is 243 g/mol. The fourth-order valence-electron chi connectivity index (χ4n) is 1.48. The van der Waals surface area contributed by atoms with Crippen LogP contribution in [0.4, 0.5) is 4.39 Å². The van der Waals surface area contributed by atoms with Gasteiger partial charge in [-0.1, -0.05) is 19.1 Å². The molecule has 16 heavy (non-hydrogen) atoms. The van der Waals surface area contributed by atoms with Gasteiger partial charge in [-0.05, 0) is 24.1 Å². The molecular weight excluding hydrogens is 225 g/mol. The number of halogens is 1. The molecule has 1 rings (SSSR count). The van der Waals surface area contributed by atoms with Crippen LogP contribution in [0, 0.1) is 5.82 Å². The fraction of sp³-hybridized carbons (Fsp3) is 0.500. The Morgan fingerprint density at radius 2 is 2.00 bits per heavy atom. The highest BCUT2D eigenvalue weighted by molar-refractivity contribution is 8.00. The summed E-state index contributed by atoms with van der Waals surface area (Å²) in [6, 6.07) is 6.45. The standard InChI is InChI=1S/C12H18FNOS/c1-9(6-7-15)16-12(8-14)10-2-4-11(13)5-3-10/h2-5,9,12,15H,6-8,14H2,1H3. The van der Waals surface area contributed by atoms with Gasteiger partial charge in [-0.3, -0.25) is 0 Å². The largest absolute Gasteiger partial charge is 0.396 e. The van der Waals surface area contributed by atoms with Crippen LogP contribution in [0.2, 0.25) is 0 Å². The topological polar surface area (TPSA) is 46.2 Å². The van der Waals surface area contributed by atoms with Crippen LogP contribution in [0.5, 0.6) is 0 Å². The summed E-state index contributed by atoms with van der Waals surface area (Å²) in [6.07, 6.45) is 0.752. The molecule has 2 atom stereocenters. The molecule has 2 nitrogen and oxygen atoms in total. The summed E-state index contributed by atoms with van der Waals surface area (Å²) in [6.45, 7) is 2.77. The fourth-order valence-corrected chi connectivity index (χ4v) is 2.71. The summed E-state index contributed by atoms with van der Waals surface area (Å²) in [5, 5.41) is 9.35. The van der Waals surface area contributed by atoms with Crippen LogP contribution in [0.15, 0.2) is 24.3 Å². The van der Waals surface area contributed by atoms with Gasteiger partial charge >= 0.3 is 0 Å². The lowest BCUT2D eigenvalue weighted by Crippen LogP contribution is -2.13. The second kappa shape index (κ2) is 6.89. The van der Waals surface area contributed by atoms with E-state index in [1.807, 2.05) is 0 Å². The van der Waals surface area contributed by atoms with Crippen molar-refractivity contribution in [2.45, 2.75) is 23.8 Å². The number of thioether (sulfide) groups is 1. The number of hydrogen-bond donors (Lipinski definition) is 2. The molecule has 0 aliphatic heterocycles. The van der Waals surface area contributed by atoms with Crippen molar-refractivity contribution < 1.29 is 9.50 Å². The number of aliphatic hydroxyl groups is 1. The van der Waals surface area contributed by atoms with Gasteiger partial charge in [-0.2, -0.15) is 0 Å². The highest BCUT2D eigenvalue weighted by atomic mass is 32.2. The van der Waals surface area contributed by atoms with Crippen LogP contribution in [0.25, 0.3) is 0 Å². The number of benzene rings is 1. The second-order valence-electron chi connectivity index (χ2n) is 3.73. The quantitative estimate of drug-likeness (QED) is 0.806. The summed E-state index contributed by atoms with van der Waals surface area (Å²) in [5.74, 6) is -0.229. The smallest absolute Gasteiger partial charge is 0.123 e. The molecule has 0 aliphatic carbocycles. The van der Waals surface area contributed by atoms with Crippen molar-refractivity contribution in [1.29, 1.82) is 0 Å². The van der Waals surface area contributed by atoms with Gasteiger partial charge in [0.25, 0.3) is 0 Å². The molecule has 0 heterocycles. The Kier molecular flexibility index (Phi) is 5.80. The average molecular weight is 243 g/mol. The SMILES string of the molecule is CC(CCO)SC(CN)c1ccc(F)cc1. The summed E-state index contributed by atoms with van der Waals surface area (Å²) in [4.78, 5) is 0. The van der Waals surface area contributed by atoms with E-state index in [4.69, 9.17) is 10.8 Å². The Hall–Kier alpha value is -0.580. The molecule has 2 unspecified atom stereocenters. The molecule has 1 aromatic rings. The van der Waals surface area contributed by atoms with E-state index in [0.717, 1.165) is 12.0 Å². The van der Waals surface area contributed by atoms with Gasteiger partial charge in [-0.15, -0.1) is 11.8 Å². The Morgan fingerprint density at radius 1 is 1.38 bits per heavy atom. The Bertz CT molecular complexity index is 304. The summed E-state index contributed by atoms with van der Waals surface area (Å²) < 4.78 is 12.8. The minimum absolute atomic E-state index is 0.169. The lowest BCUT2D eigenvalue weighted by molar-refractivity contribution is 0.289. The first-order valence-corrected chi connectivity index (χ1v) is 6.33. The van der Waals surface area contributed by atoms with Crippen molar-refractivity contribution in [3.05, 3.63) is 35.6 Å². The van der Waals surface area contributed by atoms with Crippen LogP contribution in [0.3, 0.4) is 0 Å². The van der Waals surface area contributed by atoms with Crippen LogP contribution >= 0.6 is 11.8 Å². The van der Waals surface area contributed by atoms with Gasteiger partial charge in [0.2, 0.25) is 0 Å². The van der Waals surface area contributed by atoms with Gasteiger partial charge in [0, 0.05) is 23.7 Å². The lowest BCUT2D eigenvalue weighted by Gasteiger charge is -2.19. The van der Waals surface area contributed by atoms with E-state index in [0.29, 0.717) is 11.8 Å². The molecule has 0 saturated carbocycles. The maximum Gasteiger partial charge on any atom is 0.123 e. The summed E-state index contributed by atoms with van der Waals surface area (Å²) >= 11 is 1.72. The predicted molar refractivity (Wildman–Crippen MR) is 67.0 cm³/mol. The Balaban J connectivity index is 2.63. The van der Waals surface area contributed by atoms with E-state index in [2.05, 4.69) is 6.92 Å². The van der Waals surface area contributed by atoms with E-state index in [1.165, 1.54) is 12.1 Å². The zero-order valence-electron chi connectivity index (χ0n) is 9.40. The van der Waals surface area contributed by atoms with Crippen molar-refractivity contribution in [3.63, 3.8) is 0 Å². The maximum absolute atomic E-state index is 12.8. The molecule has 4 heteroatoms. The molecule has 0 saturated heterocycles. The molecule has 0 radical (unpaired) electrons. The first-order valence-electron chi connectivity index (χ1n) is 5.39. The molecule has 3 N–H and O–H groups in total.